The summed E-state index contributed by atoms with van der Waals surface area (Å²) >= 11 is 1.64. The molecule has 1 saturated heterocycles. The van der Waals surface area contributed by atoms with Crippen LogP contribution in [0.3, 0.4) is 0 Å². The van der Waals surface area contributed by atoms with Gasteiger partial charge in [0.05, 0.1) is 11.9 Å². The predicted octanol–water partition coefficient (Wildman–Crippen LogP) is 1.85. The Labute approximate surface area is 127 Å². The van der Waals surface area contributed by atoms with Crippen molar-refractivity contribution in [2.45, 2.75) is 24.7 Å². The lowest BCUT2D eigenvalue weighted by Crippen LogP contribution is -2.41. The van der Waals surface area contributed by atoms with Gasteiger partial charge in [0.25, 0.3) is 5.91 Å². The second-order valence-corrected chi connectivity index (χ2v) is 5.76. The molecule has 116 valence electrons. The highest BCUT2D eigenvalue weighted by atomic mass is 32.2. The van der Waals surface area contributed by atoms with Crippen LogP contribution in [0.4, 0.5) is 0 Å². The lowest BCUT2D eigenvalue weighted by atomic mass is 10.1. The average Bonchev–Trinajstić information content (AvgIpc) is 2.94. The Hall–Kier alpha value is -1.47. The Kier molecular flexibility index (Phi) is 5.69. The molecular weight excluding hydrogens is 294 g/mol. The normalized spacial score (nSPS) is 16.1. The Morgan fingerprint density at radius 2 is 2.14 bits per heavy atom. The van der Waals surface area contributed by atoms with Crippen molar-refractivity contribution in [2.24, 2.45) is 0 Å². The molecule has 1 aliphatic rings. The van der Waals surface area contributed by atoms with Gasteiger partial charge in [-0.15, -0.1) is 0 Å². The number of carboxylic acid groups (broad SMARTS) is 1. The maximum absolute atomic E-state index is 12.3. The summed E-state index contributed by atoms with van der Waals surface area (Å²) in [5.74, 6) is 0.831. The van der Waals surface area contributed by atoms with E-state index in [0.29, 0.717) is 31.7 Å². The zero-order chi connectivity index (χ0) is 15.2. The predicted molar refractivity (Wildman–Crippen MR) is 78.4 cm³/mol. The fourth-order valence-electron chi connectivity index (χ4n) is 2.28. The van der Waals surface area contributed by atoms with Gasteiger partial charge in [0.15, 0.2) is 5.76 Å². The van der Waals surface area contributed by atoms with E-state index < -0.39 is 5.97 Å². The smallest absolute Gasteiger partial charge is 0.329 e. The largest absolute Gasteiger partial charge is 0.480 e. The van der Waals surface area contributed by atoms with Gasteiger partial charge in [-0.1, -0.05) is 0 Å². The molecule has 0 bridgehead atoms. The number of ether oxygens (including phenoxy) is 1. The molecule has 1 aliphatic heterocycles. The number of nitrogens with zero attached hydrogens (tertiary/aromatic N) is 1. The van der Waals surface area contributed by atoms with Gasteiger partial charge < -0.3 is 19.2 Å². The number of aliphatic carboxylic acids is 1. The second-order valence-electron chi connectivity index (χ2n) is 4.90. The molecule has 1 fully saturated rings. The van der Waals surface area contributed by atoms with E-state index in [-0.39, 0.29) is 18.6 Å². The molecular formula is C14H19NO5S. The summed E-state index contributed by atoms with van der Waals surface area (Å²) in [6.07, 6.45) is 3.19. The van der Waals surface area contributed by atoms with Gasteiger partial charge in [-0.3, -0.25) is 4.79 Å². The summed E-state index contributed by atoms with van der Waals surface area (Å²) in [7, 11) is 0. The summed E-state index contributed by atoms with van der Waals surface area (Å²) in [4.78, 5) is 24.5. The molecule has 1 N–H and O–H groups in total. The SMILES string of the molecule is CSCc1ccc(C(=O)N2CCC(OCC(=O)O)CC2)o1. The maximum atomic E-state index is 12.3. The van der Waals surface area contributed by atoms with Crippen molar-refractivity contribution in [1.29, 1.82) is 0 Å². The number of hydrogen-bond acceptors (Lipinski definition) is 5. The Balaban J connectivity index is 1.83. The number of piperidine rings is 1. The monoisotopic (exact) mass is 313 g/mol. The van der Waals surface area contributed by atoms with Gasteiger partial charge in [-0.05, 0) is 31.2 Å². The van der Waals surface area contributed by atoms with Gasteiger partial charge in [0.1, 0.15) is 12.4 Å². The van der Waals surface area contributed by atoms with Crippen LogP contribution in [0.1, 0.15) is 29.2 Å². The lowest BCUT2D eigenvalue weighted by molar-refractivity contribution is -0.145. The molecule has 0 atom stereocenters. The molecule has 0 aromatic carbocycles. The van der Waals surface area contributed by atoms with Crippen LogP contribution < -0.4 is 0 Å². The fourth-order valence-corrected chi connectivity index (χ4v) is 2.72. The van der Waals surface area contributed by atoms with Gasteiger partial charge in [-0.25, -0.2) is 4.79 Å². The zero-order valence-corrected chi connectivity index (χ0v) is 12.7. The van der Waals surface area contributed by atoms with E-state index in [2.05, 4.69) is 0 Å². The average molecular weight is 313 g/mol. The number of furan rings is 1. The summed E-state index contributed by atoms with van der Waals surface area (Å²) in [5, 5.41) is 8.58. The molecule has 1 amide bonds. The molecule has 21 heavy (non-hydrogen) atoms. The van der Waals surface area contributed by atoms with Crippen molar-refractivity contribution in [3.8, 4) is 0 Å². The van der Waals surface area contributed by atoms with Crippen molar-refractivity contribution in [1.82, 2.24) is 4.90 Å². The quantitative estimate of drug-likeness (QED) is 0.863. The molecule has 1 aromatic heterocycles. The highest BCUT2D eigenvalue weighted by Gasteiger charge is 2.26. The minimum absolute atomic E-state index is 0.0891. The first-order valence-corrected chi connectivity index (χ1v) is 8.20. The zero-order valence-electron chi connectivity index (χ0n) is 11.9. The van der Waals surface area contributed by atoms with Gasteiger partial charge >= 0.3 is 5.97 Å². The second kappa shape index (κ2) is 7.51. The Bertz CT molecular complexity index is 493. The van der Waals surface area contributed by atoms with E-state index in [1.165, 1.54) is 0 Å². The maximum Gasteiger partial charge on any atom is 0.329 e. The third-order valence-electron chi connectivity index (χ3n) is 3.33. The van der Waals surface area contributed by atoms with Gasteiger partial charge in [0, 0.05) is 13.1 Å². The van der Waals surface area contributed by atoms with E-state index in [9.17, 15) is 9.59 Å². The number of carbonyl (C=O) groups excluding carboxylic acids is 1. The molecule has 0 aliphatic carbocycles. The first-order chi connectivity index (χ1) is 10.1. The molecule has 1 aromatic rings. The van der Waals surface area contributed by atoms with E-state index >= 15 is 0 Å². The number of carboxylic acids is 1. The third kappa shape index (κ3) is 4.50. The lowest BCUT2D eigenvalue weighted by Gasteiger charge is -2.31. The van der Waals surface area contributed by atoms with Gasteiger partial charge in [0.2, 0.25) is 0 Å². The molecule has 0 saturated carbocycles. The van der Waals surface area contributed by atoms with E-state index in [4.69, 9.17) is 14.3 Å². The van der Waals surface area contributed by atoms with Gasteiger partial charge in [-0.2, -0.15) is 11.8 Å². The van der Waals surface area contributed by atoms with Crippen LogP contribution in [-0.4, -0.2) is 53.9 Å². The summed E-state index contributed by atoms with van der Waals surface area (Å²) in [6, 6.07) is 3.54. The molecule has 0 unspecified atom stereocenters. The molecule has 0 radical (unpaired) electrons. The first-order valence-electron chi connectivity index (χ1n) is 6.80. The van der Waals surface area contributed by atoms with Crippen molar-refractivity contribution < 1.29 is 23.8 Å². The van der Waals surface area contributed by atoms with E-state index in [0.717, 1.165) is 11.5 Å². The van der Waals surface area contributed by atoms with Crippen molar-refractivity contribution in [3.63, 3.8) is 0 Å². The number of amides is 1. The summed E-state index contributed by atoms with van der Waals surface area (Å²) in [6.45, 7) is 0.832. The number of likely N-dealkylation sites (tertiary alicyclic amines) is 1. The molecule has 2 rings (SSSR count). The summed E-state index contributed by atoms with van der Waals surface area (Å²) < 4.78 is 10.8. The van der Waals surface area contributed by atoms with Crippen LogP contribution in [0.5, 0.6) is 0 Å². The minimum Gasteiger partial charge on any atom is -0.480 e. The molecule has 0 spiro atoms. The first kappa shape index (κ1) is 15.9. The molecule has 2 heterocycles. The van der Waals surface area contributed by atoms with Crippen molar-refractivity contribution in [2.75, 3.05) is 26.0 Å². The fraction of sp³-hybridized carbons (Fsp3) is 0.571. The summed E-state index contributed by atoms with van der Waals surface area (Å²) in [5.41, 5.74) is 0. The van der Waals surface area contributed by atoms with Crippen LogP contribution in [0.2, 0.25) is 0 Å². The minimum atomic E-state index is -0.967. The Morgan fingerprint density at radius 3 is 2.76 bits per heavy atom. The molecule has 7 heteroatoms. The van der Waals surface area contributed by atoms with Crippen LogP contribution >= 0.6 is 11.8 Å². The van der Waals surface area contributed by atoms with Crippen LogP contribution in [0.15, 0.2) is 16.5 Å². The third-order valence-corrected chi connectivity index (χ3v) is 3.90. The van der Waals surface area contributed by atoms with Crippen LogP contribution in [0, 0.1) is 0 Å². The highest BCUT2D eigenvalue weighted by molar-refractivity contribution is 7.97. The van der Waals surface area contributed by atoms with Crippen molar-refractivity contribution in [3.05, 3.63) is 23.7 Å². The molecule has 6 nitrogen and oxygen atoms in total. The number of rotatable bonds is 6. The number of thioether (sulfide) groups is 1. The topological polar surface area (TPSA) is 80.0 Å². The van der Waals surface area contributed by atoms with E-state index in [1.54, 1.807) is 22.7 Å². The Morgan fingerprint density at radius 1 is 1.43 bits per heavy atom. The number of carbonyl (C=O) groups is 2. The highest BCUT2D eigenvalue weighted by Crippen LogP contribution is 2.19. The van der Waals surface area contributed by atoms with Crippen LogP contribution in [0.25, 0.3) is 0 Å². The van der Waals surface area contributed by atoms with Crippen molar-refractivity contribution >= 4 is 23.6 Å². The van der Waals surface area contributed by atoms with E-state index in [1.807, 2.05) is 12.3 Å². The number of hydrogen-bond donors (Lipinski definition) is 1. The standard InChI is InChI=1S/C14H19NO5S/c1-21-9-11-2-3-12(20-11)14(18)15-6-4-10(5-7-15)19-8-13(16)17/h2-3,10H,4-9H2,1H3,(H,16,17). The van der Waals surface area contributed by atoms with Crippen LogP contribution in [-0.2, 0) is 15.3 Å².